The lowest BCUT2D eigenvalue weighted by atomic mass is 10.1. The number of para-hydroxylation sites is 1. The molecule has 0 radical (unpaired) electrons. The van der Waals surface area contributed by atoms with Gasteiger partial charge in [-0.15, -0.1) is 0 Å². The standard InChI is InChI=1S/C20H15N3O2/c1-15-5-2-3-7-20(15)22-12-4-6-19(22)13-17(14-21)16-8-10-18(11-9-16)23(24)25/h2-13H,1H3/b17-13-. The van der Waals surface area contributed by atoms with Gasteiger partial charge in [-0.1, -0.05) is 18.2 Å². The Kier molecular flexibility index (Phi) is 4.44. The highest BCUT2D eigenvalue weighted by atomic mass is 16.6. The third-order valence-corrected chi connectivity index (χ3v) is 3.96. The number of allylic oxidation sites excluding steroid dienone is 1. The van der Waals surface area contributed by atoms with Crippen molar-refractivity contribution >= 4 is 17.3 Å². The number of hydrogen-bond acceptors (Lipinski definition) is 3. The minimum absolute atomic E-state index is 0.00400. The Labute approximate surface area is 145 Å². The van der Waals surface area contributed by atoms with Gasteiger partial charge in [0.05, 0.1) is 16.6 Å². The molecule has 0 fully saturated rings. The fourth-order valence-electron chi connectivity index (χ4n) is 2.66. The lowest BCUT2D eigenvalue weighted by molar-refractivity contribution is -0.384. The molecule has 0 spiro atoms. The number of aryl methyl sites for hydroxylation is 1. The van der Waals surface area contributed by atoms with Crippen LogP contribution in [0.25, 0.3) is 17.3 Å². The number of non-ortho nitro benzene ring substituents is 1. The SMILES string of the molecule is Cc1ccccc1-n1cccc1/C=C(/C#N)c1ccc([N+](=O)[O-])cc1. The zero-order valence-electron chi connectivity index (χ0n) is 13.6. The summed E-state index contributed by atoms with van der Waals surface area (Å²) >= 11 is 0. The van der Waals surface area contributed by atoms with Crippen molar-refractivity contribution in [1.82, 2.24) is 4.57 Å². The Balaban J connectivity index is 2.02. The van der Waals surface area contributed by atoms with Crippen molar-refractivity contribution in [2.75, 3.05) is 0 Å². The van der Waals surface area contributed by atoms with Crippen LogP contribution in [0.1, 0.15) is 16.8 Å². The van der Waals surface area contributed by atoms with Gasteiger partial charge in [-0.25, -0.2) is 0 Å². The summed E-state index contributed by atoms with van der Waals surface area (Å²) in [5, 5.41) is 20.3. The molecule has 0 aliphatic heterocycles. The van der Waals surface area contributed by atoms with E-state index in [4.69, 9.17) is 0 Å². The third-order valence-electron chi connectivity index (χ3n) is 3.96. The van der Waals surface area contributed by atoms with Crippen molar-refractivity contribution in [3.05, 3.63) is 93.8 Å². The molecule has 0 aliphatic rings. The van der Waals surface area contributed by atoms with Crippen LogP contribution < -0.4 is 0 Å². The molecule has 1 aromatic heterocycles. The number of hydrogen-bond donors (Lipinski definition) is 0. The molecular weight excluding hydrogens is 314 g/mol. The highest BCUT2D eigenvalue weighted by Crippen LogP contribution is 2.23. The highest BCUT2D eigenvalue weighted by Gasteiger charge is 2.09. The monoisotopic (exact) mass is 329 g/mol. The van der Waals surface area contributed by atoms with Crippen LogP contribution in [0, 0.1) is 28.4 Å². The molecule has 0 saturated heterocycles. The molecule has 1 heterocycles. The average Bonchev–Trinajstić information content (AvgIpc) is 3.08. The van der Waals surface area contributed by atoms with E-state index in [-0.39, 0.29) is 5.69 Å². The minimum atomic E-state index is -0.455. The molecule has 2 aromatic carbocycles. The van der Waals surface area contributed by atoms with E-state index < -0.39 is 4.92 Å². The second-order valence-electron chi connectivity index (χ2n) is 5.56. The third kappa shape index (κ3) is 3.33. The molecule has 5 nitrogen and oxygen atoms in total. The number of nitro groups is 1. The molecular formula is C20H15N3O2. The Morgan fingerprint density at radius 2 is 1.84 bits per heavy atom. The van der Waals surface area contributed by atoms with E-state index in [0.29, 0.717) is 11.1 Å². The molecule has 0 amide bonds. The van der Waals surface area contributed by atoms with E-state index >= 15 is 0 Å². The summed E-state index contributed by atoms with van der Waals surface area (Å²) in [6, 6.07) is 20.0. The zero-order valence-corrected chi connectivity index (χ0v) is 13.6. The Morgan fingerprint density at radius 3 is 2.48 bits per heavy atom. The predicted octanol–water partition coefficient (Wildman–Crippen LogP) is 4.76. The van der Waals surface area contributed by atoms with Gasteiger partial charge in [-0.3, -0.25) is 10.1 Å². The van der Waals surface area contributed by atoms with Crippen LogP contribution in [-0.4, -0.2) is 9.49 Å². The number of benzene rings is 2. The highest BCUT2D eigenvalue weighted by molar-refractivity contribution is 5.89. The summed E-state index contributed by atoms with van der Waals surface area (Å²) in [5.74, 6) is 0. The van der Waals surface area contributed by atoms with Gasteiger partial charge in [0.15, 0.2) is 0 Å². The summed E-state index contributed by atoms with van der Waals surface area (Å²) in [7, 11) is 0. The van der Waals surface area contributed by atoms with E-state index in [2.05, 4.69) is 6.07 Å². The van der Waals surface area contributed by atoms with Crippen molar-refractivity contribution in [1.29, 1.82) is 5.26 Å². The predicted molar refractivity (Wildman–Crippen MR) is 97.1 cm³/mol. The van der Waals surface area contributed by atoms with E-state index in [9.17, 15) is 15.4 Å². The normalized spacial score (nSPS) is 11.1. The molecule has 0 aliphatic carbocycles. The molecule has 0 bridgehead atoms. The van der Waals surface area contributed by atoms with Gasteiger partial charge in [-0.2, -0.15) is 5.26 Å². The maximum atomic E-state index is 10.8. The second kappa shape index (κ2) is 6.85. The number of nitrogens with zero attached hydrogens (tertiary/aromatic N) is 3. The molecule has 0 atom stereocenters. The fourth-order valence-corrected chi connectivity index (χ4v) is 2.66. The summed E-state index contributed by atoms with van der Waals surface area (Å²) in [6.45, 7) is 2.03. The lowest BCUT2D eigenvalue weighted by Gasteiger charge is -2.10. The maximum absolute atomic E-state index is 10.8. The van der Waals surface area contributed by atoms with Crippen LogP contribution in [0.2, 0.25) is 0 Å². The Bertz CT molecular complexity index is 992. The van der Waals surface area contributed by atoms with Gasteiger partial charge in [-0.05, 0) is 54.5 Å². The first-order valence-electron chi connectivity index (χ1n) is 7.70. The Hall–Kier alpha value is -3.65. The van der Waals surface area contributed by atoms with Gasteiger partial charge in [0, 0.05) is 29.7 Å². The molecule has 5 heteroatoms. The lowest BCUT2D eigenvalue weighted by Crippen LogP contribution is -1.97. The number of nitro benzene ring substituents is 1. The average molecular weight is 329 g/mol. The van der Waals surface area contributed by atoms with Crippen molar-refractivity contribution in [2.24, 2.45) is 0 Å². The molecule has 0 saturated carbocycles. The smallest absolute Gasteiger partial charge is 0.269 e. The zero-order chi connectivity index (χ0) is 17.8. The van der Waals surface area contributed by atoms with Crippen molar-refractivity contribution in [2.45, 2.75) is 6.92 Å². The van der Waals surface area contributed by atoms with E-state index in [1.807, 2.05) is 54.1 Å². The second-order valence-corrected chi connectivity index (χ2v) is 5.56. The van der Waals surface area contributed by atoms with Gasteiger partial charge in [0.2, 0.25) is 0 Å². The molecule has 25 heavy (non-hydrogen) atoms. The van der Waals surface area contributed by atoms with Crippen LogP contribution in [0.3, 0.4) is 0 Å². The number of aromatic nitrogens is 1. The first kappa shape index (κ1) is 16.2. The van der Waals surface area contributed by atoms with Crippen LogP contribution in [0.15, 0.2) is 66.9 Å². The molecule has 0 unspecified atom stereocenters. The van der Waals surface area contributed by atoms with E-state index in [1.165, 1.54) is 12.1 Å². The van der Waals surface area contributed by atoms with Crippen LogP contribution in [0.5, 0.6) is 0 Å². The maximum Gasteiger partial charge on any atom is 0.269 e. The van der Waals surface area contributed by atoms with Gasteiger partial charge in [0.1, 0.15) is 0 Å². The van der Waals surface area contributed by atoms with Gasteiger partial charge in [0.25, 0.3) is 5.69 Å². The number of nitriles is 1. The van der Waals surface area contributed by atoms with Crippen LogP contribution in [-0.2, 0) is 0 Å². The quantitative estimate of drug-likeness (QED) is 0.393. The van der Waals surface area contributed by atoms with Gasteiger partial charge >= 0.3 is 0 Å². The molecule has 122 valence electrons. The fraction of sp³-hybridized carbons (Fsp3) is 0.0500. The largest absolute Gasteiger partial charge is 0.317 e. The summed E-state index contributed by atoms with van der Waals surface area (Å²) < 4.78 is 2.01. The summed E-state index contributed by atoms with van der Waals surface area (Å²) in [4.78, 5) is 10.3. The first-order valence-corrected chi connectivity index (χ1v) is 7.70. The van der Waals surface area contributed by atoms with Crippen LogP contribution in [0.4, 0.5) is 5.69 Å². The summed E-state index contributed by atoms with van der Waals surface area (Å²) in [6.07, 6.45) is 3.73. The van der Waals surface area contributed by atoms with Crippen molar-refractivity contribution in [3.8, 4) is 11.8 Å². The van der Waals surface area contributed by atoms with E-state index in [0.717, 1.165) is 16.9 Å². The van der Waals surface area contributed by atoms with Crippen LogP contribution >= 0.6 is 0 Å². The Morgan fingerprint density at radius 1 is 1.12 bits per heavy atom. The van der Waals surface area contributed by atoms with Crippen molar-refractivity contribution in [3.63, 3.8) is 0 Å². The molecule has 3 aromatic rings. The molecule has 0 N–H and O–H groups in total. The summed E-state index contributed by atoms with van der Waals surface area (Å²) in [5.41, 5.74) is 4.13. The number of rotatable bonds is 4. The topological polar surface area (TPSA) is 71.9 Å². The van der Waals surface area contributed by atoms with Gasteiger partial charge < -0.3 is 4.57 Å². The van der Waals surface area contributed by atoms with E-state index in [1.54, 1.807) is 18.2 Å². The molecule has 3 rings (SSSR count). The minimum Gasteiger partial charge on any atom is -0.317 e. The first-order chi connectivity index (χ1) is 12.1. The van der Waals surface area contributed by atoms with Crippen molar-refractivity contribution < 1.29 is 4.92 Å².